The normalized spacial score (nSPS) is 11.3. The summed E-state index contributed by atoms with van der Waals surface area (Å²) in [7, 11) is 0. The third-order valence-corrected chi connectivity index (χ3v) is 8.20. The molecule has 0 aliphatic rings. The molecule has 8 aromatic rings. The molecule has 0 N–H and O–H groups in total. The van der Waals surface area contributed by atoms with Crippen LogP contribution in [0, 0.1) is 22.7 Å². The van der Waals surface area contributed by atoms with Crippen molar-refractivity contribution in [1.82, 2.24) is 9.13 Å². The predicted molar refractivity (Wildman–Crippen MR) is 170 cm³/mol. The lowest BCUT2D eigenvalue weighted by Gasteiger charge is -2.12. The number of rotatable bonds is 3. The second kappa shape index (κ2) is 9.24. The van der Waals surface area contributed by atoms with E-state index in [0.29, 0.717) is 16.7 Å². The third-order valence-electron chi connectivity index (χ3n) is 8.20. The van der Waals surface area contributed by atoms with Gasteiger partial charge >= 0.3 is 0 Å². The Labute approximate surface area is 242 Å². The Balaban J connectivity index is 1.48. The van der Waals surface area contributed by atoms with E-state index in [-0.39, 0.29) is 0 Å². The number of aromatic nitrogens is 2. The van der Waals surface area contributed by atoms with Gasteiger partial charge in [0.1, 0.15) is 0 Å². The maximum atomic E-state index is 9.98. The van der Waals surface area contributed by atoms with E-state index in [4.69, 9.17) is 0 Å². The van der Waals surface area contributed by atoms with Crippen LogP contribution in [0.2, 0.25) is 0 Å². The monoisotopic (exact) mass is 534 g/mol. The van der Waals surface area contributed by atoms with Crippen molar-refractivity contribution in [2.75, 3.05) is 0 Å². The van der Waals surface area contributed by atoms with Crippen LogP contribution in [0.4, 0.5) is 0 Å². The topological polar surface area (TPSA) is 57.4 Å². The summed E-state index contributed by atoms with van der Waals surface area (Å²) in [5.74, 6) is 0. The van der Waals surface area contributed by atoms with Gasteiger partial charge in [0.2, 0.25) is 0 Å². The van der Waals surface area contributed by atoms with E-state index in [9.17, 15) is 10.5 Å². The number of nitriles is 2. The van der Waals surface area contributed by atoms with Crippen LogP contribution in [0.5, 0.6) is 0 Å². The number of benzene rings is 6. The fraction of sp³-hybridized carbons (Fsp3) is 0. The molecule has 0 fully saturated rings. The van der Waals surface area contributed by atoms with Crippen LogP contribution in [0.15, 0.2) is 133 Å². The average molecular weight is 535 g/mol. The van der Waals surface area contributed by atoms with E-state index in [2.05, 4.69) is 112 Å². The highest BCUT2D eigenvalue weighted by molar-refractivity contribution is 6.17. The predicted octanol–water partition coefficient (Wildman–Crippen LogP) is 9.29. The lowest BCUT2D eigenvalue weighted by molar-refractivity contribution is 1.15. The van der Waals surface area contributed by atoms with E-state index in [1.54, 1.807) is 18.2 Å². The summed E-state index contributed by atoms with van der Waals surface area (Å²) in [5, 5.41) is 24.5. The van der Waals surface area contributed by atoms with Crippen LogP contribution in [-0.4, -0.2) is 9.13 Å². The summed E-state index contributed by atoms with van der Waals surface area (Å²) < 4.78 is 4.62. The standard InChI is InChI=1S/C38H22N4/c39-23-25-10-8-11-26(24-40)37(25)32-16-9-19-35-38(32)31-15-5-7-18-34(31)42(35)28-20-21-30-29-14-4-6-17-33(29)41(36(30)22-28)27-12-2-1-3-13-27/h1-22H. The Morgan fingerprint density at radius 2 is 1.00 bits per heavy atom. The van der Waals surface area contributed by atoms with Gasteiger partial charge in [-0.25, -0.2) is 0 Å². The number of nitrogens with zero attached hydrogens (tertiary/aromatic N) is 4. The van der Waals surface area contributed by atoms with E-state index < -0.39 is 0 Å². The first kappa shape index (κ1) is 23.8. The van der Waals surface area contributed by atoms with Gasteiger partial charge in [-0.2, -0.15) is 10.5 Å². The van der Waals surface area contributed by atoms with Crippen LogP contribution >= 0.6 is 0 Å². The Bertz CT molecular complexity index is 2400. The molecule has 0 radical (unpaired) electrons. The van der Waals surface area contributed by atoms with Crippen molar-refractivity contribution in [3.63, 3.8) is 0 Å². The smallest absolute Gasteiger partial charge is 0.0998 e. The summed E-state index contributed by atoms with van der Waals surface area (Å²) in [4.78, 5) is 0. The molecular formula is C38H22N4. The third kappa shape index (κ3) is 3.33. The van der Waals surface area contributed by atoms with Gasteiger partial charge in [-0.3, -0.25) is 0 Å². The Morgan fingerprint density at radius 1 is 0.429 bits per heavy atom. The zero-order valence-corrected chi connectivity index (χ0v) is 22.5. The molecule has 0 amide bonds. The van der Waals surface area contributed by atoms with E-state index in [1.165, 1.54) is 10.8 Å². The van der Waals surface area contributed by atoms with Gasteiger partial charge in [-0.1, -0.05) is 78.9 Å². The first-order chi connectivity index (χ1) is 20.8. The minimum absolute atomic E-state index is 0.493. The highest BCUT2D eigenvalue weighted by atomic mass is 15.0. The van der Waals surface area contributed by atoms with Crippen molar-refractivity contribution >= 4 is 43.6 Å². The van der Waals surface area contributed by atoms with Gasteiger partial charge < -0.3 is 9.13 Å². The molecule has 0 saturated heterocycles. The number of hydrogen-bond donors (Lipinski definition) is 0. The zero-order chi connectivity index (χ0) is 28.2. The maximum Gasteiger partial charge on any atom is 0.0998 e. The Kier molecular flexibility index (Phi) is 5.22. The average Bonchev–Trinajstić information content (AvgIpc) is 3.57. The molecule has 2 heterocycles. The SMILES string of the molecule is N#Cc1cccc(C#N)c1-c1cccc2c1c1ccccc1n2-c1ccc2c3ccccc3n(-c3ccccc3)c2c1. The quantitative estimate of drug-likeness (QED) is 0.227. The molecule has 0 bridgehead atoms. The highest BCUT2D eigenvalue weighted by Gasteiger charge is 2.20. The van der Waals surface area contributed by atoms with Crippen LogP contribution in [-0.2, 0) is 0 Å². The molecule has 6 aromatic carbocycles. The molecule has 4 heteroatoms. The highest BCUT2D eigenvalue weighted by Crippen LogP contribution is 2.41. The van der Waals surface area contributed by atoms with Gasteiger partial charge in [-0.15, -0.1) is 0 Å². The molecule has 0 unspecified atom stereocenters. The van der Waals surface area contributed by atoms with E-state index in [1.807, 2.05) is 24.3 Å². The molecule has 0 spiro atoms. The molecule has 0 aliphatic heterocycles. The summed E-state index contributed by atoms with van der Waals surface area (Å²) >= 11 is 0. The summed E-state index contributed by atoms with van der Waals surface area (Å²) in [6, 6.07) is 50.2. The minimum atomic E-state index is 0.493. The lowest BCUT2D eigenvalue weighted by atomic mass is 9.92. The molecular weight excluding hydrogens is 512 g/mol. The first-order valence-corrected chi connectivity index (χ1v) is 13.8. The van der Waals surface area contributed by atoms with Crippen molar-refractivity contribution in [2.45, 2.75) is 0 Å². The molecule has 0 saturated carbocycles. The Morgan fingerprint density at radius 3 is 1.74 bits per heavy atom. The fourth-order valence-corrected chi connectivity index (χ4v) is 6.49. The van der Waals surface area contributed by atoms with Crippen LogP contribution in [0.25, 0.3) is 66.1 Å². The summed E-state index contributed by atoms with van der Waals surface area (Å²) in [5.41, 5.74) is 9.08. The summed E-state index contributed by atoms with van der Waals surface area (Å²) in [6.45, 7) is 0. The number of fused-ring (bicyclic) bond motifs is 6. The van der Waals surface area contributed by atoms with Crippen molar-refractivity contribution in [3.8, 4) is 34.6 Å². The van der Waals surface area contributed by atoms with E-state index >= 15 is 0 Å². The summed E-state index contributed by atoms with van der Waals surface area (Å²) in [6.07, 6.45) is 0. The molecule has 0 aliphatic carbocycles. The minimum Gasteiger partial charge on any atom is -0.309 e. The van der Waals surface area contributed by atoms with Crippen molar-refractivity contribution in [2.24, 2.45) is 0 Å². The molecule has 42 heavy (non-hydrogen) atoms. The van der Waals surface area contributed by atoms with Gasteiger partial charge in [0.15, 0.2) is 0 Å². The first-order valence-electron chi connectivity index (χ1n) is 13.8. The van der Waals surface area contributed by atoms with E-state index in [0.717, 1.165) is 49.8 Å². The molecule has 4 nitrogen and oxygen atoms in total. The van der Waals surface area contributed by atoms with Crippen molar-refractivity contribution < 1.29 is 0 Å². The molecule has 8 rings (SSSR count). The second-order valence-electron chi connectivity index (χ2n) is 10.4. The molecule has 2 aromatic heterocycles. The van der Waals surface area contributed by atoms with Crippen LogP contribution in [0.1, 0.15) is 11.1 Å². The fourth-order valence-electron chi connectivity index (χ4n) is 6.49. The largest absolute Gasteiger partial charge is 0.309 e. The van der Waals surface area contributed by atoms with Crippen molar-refractivity contribution in [1.29, 1.82) is 10.5 Å². The molecule has 0 atom stereocenters. The van der Waals surface area contributed by atoms with Gasteiger partial charge in [-0.05, 0) is 60.2 Å². The number of para-hydroxylation sites is 3. The van der Waals surface area contributed by atoms with Gasteiger partial charge in [0.05, 0.1) is 45.3 Å². The lowest BCUT2D eigenvalue weighted by Crippen LogP contribution is -1.97. The molecule has 194 valence electrons. The van der Waals surface area contributed by atoms with Crippen LogP contribution in [0.3, 0.4) is 0 Å². The number of hydrogen-bond acceptors (Lipinski definition) is 2. The van der Waals surface area contributed by atoms with Crippen molar-refractivity contribution in [3.05, 3.63) is 145 Å². The maximum absolute atomic E-state index is 9.98. The Hall–Kier alpha value is -6.10. The van der Waals surface area contributed by atoms with Gasteiger partial charge in [0.25, 0.3) is 0 Å². The zero-order valence-electron chi connectivity index (χ0n) is 22.5. The van der Waals surface area contributed by atoms with Crippen LogP contribution < -0.4 is 0 Å². The second-order valence-corrected chi connectivity index (χ2v) is 10.4. The van der Waals surface area contributed by atoms with Gasteiger partial charge in [0, 0.05) is 38.5 Å².